The minimum absolute atomic E-state index is 0.193. The van der Waals surface area contributed by atoms with Gasteiger partial charge in [0, 0.05) is 4.90 Å². The van der Waals surface area contributed by atoms with Gasteiger partial charge in [0.1, 0.15) is 5.75 Å². The molecule has 14 heavy (non-hydrogen) atoms. The molecule has 1 N–H and O–H groups in total. The quantitative estimate of drug-likeness (QED) is 0.766. The largest absolute Gasteiger partial charge is 0.507 e. The van der Waals surface area contributed by atoms with E-state index < -0.39 is 0 Å². The Morgan fingerprint density at radius 2 is 2.00 bits per heavy atom. The summed E-state index contributed by atoms with van der Waals surface area (Å²) in [5, 5.41) is 9.55. The van der Waals surface area contributed by atoms with Gasteiger partial charge in [-0.15, -0.1) is 11.8 Å². The molecule has 0 fully saturated rings. The van der Waals surface area contributed by atoms with Crippen molar-refractivity contribution in [3.63, 3.8) is 0 Å². The highest BCUT2D eigenvalue weighted by Crippen LogP contribution is 2.33. The molecule has 0 spiro atoms. The normalized spacial score (nSPS) is 11.7. The lowest BCUT2D eigenvalue weighted by Gasteiger charge is -2.23. The fourth-order valence-corrected chi connectivity index (χ4v) is 1.82. The van der Waals surface area contributed by atoms with Crippen molar-refractivity contribution in [1.29, 1.82) is 0 Å². The topological polar surface area (TPSA) is 20.2 Å². The Kier molecular flexibility index (Phi) is 3.48. The molecule has 0 atom stereocenters. The predicted octanol–water partition coefficient (Wildman–Crippen LogP) is 3.80. The summed E-state index contributed by atoms with van der Waals surface area (Å²) < 4.78 is 0. The van der Waals surface area contributed by atoms with Gasteiger partial charge < -0.3 is 5.11 Å². The number of thioether (sulfide) groups is 1. The smallest absolute Gasteiger partial charge is 0.129 e. The van der Waals surface area contributed by atoms with Gasteiger partial charge >= 0.3 is 0 Å². The fraction of sp³-hybridized carbons (Fsp3) is 0.500. The van der Waals surface area contributed by atoms with Crippen LogP contribution < -0.4 is 0 Å². The zero-order valence-electron chi connectivity index (χ0n) is 9.29. The first-order valence-corrected chi connectivity index (χ1v) is 6.11. The molecule has 0 heterocycles. The van der Waals surface area contributed by atoms with Gasteiger partial charge in [0.2, 0.25) is 0 Å². The molecule has 78 valence electrons. The van der Waals surface area contributed by atoms with Crippen LogP contribution in [-0.4, -0.2) is 11.4 Å². The average Bonchev–Trinajstić information content (AvgIpc) is 2.18. The van der Waals surface area contributed by atoms with Crippen LogP contribution in [0.4, 0.5) is 0 Å². The highest BCUT2D eigenvalue weighted by molar-refractivity contribution is 7.98. The van der Waals surface area contributed by atoms with Crippen molar-refractivity contribution in [3.05, 3.63) is 23.8 Å². The van der Waals surface area contributed by atoms with Crippen LogP contribution in [0.3, 0.4) is 0 Å². The van der Waals surface area contributed by atoms with Gasteiger partial charge in [-0.25, -0.2) is 0 Å². The van der Waals surface area contributed by atoms with Crippen molar-refractivity contribution in [1.82, 2.24) is 0 Å². The van der Waals surface area contributed by atoms with E-state index in [1.807, 2.05) is 12.3 Å². The van der Waals surface area contributed by atoms with Crippen LogP contribution >= 0.6 is 11.8 Å². The standard InChI is InChI=1S/C12H18OS/c1-5-12(2,3)9-6-7-10(13)11(8-9)14-4/h6-8,13H,5H2,1-4H3. The lowest BCUT2D eigenvalue weighted by atomic mass is 9.82. The molecular weight excluding hydrogens is 192 g/mol. The van der Waals surface area contributed by atoms with Gasteiger partial charge in [0.05, 0.1) is 0 Å². The number of phenolic OH excluding ortho intramolecular Hbond substituents is 1. The molecule has 2 heteroatoms. The molecule has 0 bridgehead atoms. The third-order valence-corrected chi connectivity index (χ3v) is 3.61. The lowest BCUT2D eigenvalue weighted by Crippen LogP contribution is -2.15. The van der Waals surface area contributed by atoms with Crippen LogP contribution in [0.1, 0.15) is 32.8 Å². The first kappa shape index (κ1) is 11.4. The van der Waals surface area contributed by atoms with E-state index in [-0.39, 0.29) is 5.41 Å². The summed E-state index contributed by atoms with van der Waals surface area (Å²) in [6.45, 7) is 6.64. The number of hydrogen-bond acceptors (Lipinski definition) is 2. The number of phenols is 1. The minimum Gasteiger partial charge on any atom is -0.507 e. The van der Waals surface area contributed by atoms with E-state index in [0.717, 1.165) is 11.3 Å². The molecule has 1 nitrogen and oxygen atoms in total. The van der Waals surface area contributed by atoms with Crippen LogP contribution in [-0.2, 0) is 5.41 Å². The monoisotopic (exact) mass is 210 g/mol. The van der Waals surface area contributed by atoms with Gasteiger partial charge in [-0.1, -0.05) is 26.8 Å². The van der Waals surface area contributed by atoms with E-state index in [1.54, 1.807) is 17.8 Å². The zero-order chi connectivity index (χ0) is 10.8. The zero-order valence-corrected chi connectivity index (χ0v) is 10.1. The third kappa shape index (κ3) is 2.24. The van der Waals surface area contributed by atoms with Crippen molar-refractivity contribution in [2.24, 2.45) is 0 Å². The fourth-order valence-electron chi connectivity index (χ4n) is 1.30. The molecule has 0 aromatic heterocycles. The molecule has 0 aliphatic heterocycles. The van der Waals surface area contributed by atoms with Crippen LogP contribution in [0.15, 0.2) is 23.1 Å². The van der Waals surface area contributed by atoms with Crippen molar-refractivity contribution in [2.45, 2.75) is 37.5 Å². The maximum atomic E-state index is 9.55. The molecule has 0 aliphatic rings. The van der Waals surface area contributed by atoms with Crippen molar-refractivity contribution in [2.75, 3.05) is 6.26 Å². The van der Waals surface area contributed by atoms with Gasteiger partial charge in [-0.2, -0.15) is 0 Å². The Bertz CT molecular complexity index is 318. The summed E-state index contributed by atoms with van der Waals surface area (Å²) >= 11 is 1.59. The Hall–Kier alpha value is -0.630. The summed E-state index contributed by atoms with van der Waals surface area (Å²) in [7, 11) is 0. The highest BCUT2D eigenvalue weighted by atomic mass is 32.2. The van der Waals surface area contributed by atoms with Gasteiger partial charge in [0.15, 0.2) is 0 Å². The second-order valence-corrected chi connectivity index (χ2v) is 4.97. The summed E-state index contributed by atoms with van der Waals surface area (Å²) in [5.41, 5.74) is 1.49. The highest BCUT2D eigenvalue weighted by Gasteiger charge is 2.18. The van der Waals surface area contributed by atoms with E-state index in [9.17, 15) is 5.11 Å². The summed E-state index contributed by atoms with van der Waals surface area (Å²) in [6, 6.07) is 5.89. The van der Waals surface area contributed by atoms with E-state index >= 15 is 0 Å². The SMILES string of the molecule is CCC(C)(C)c1ccc(O)c(SC)c1. The molecule has 1 aromatic carbocycles. The molecule has 0 aliphatic carbocycles. The van der Waals surface area contributed by atoms with Crippen LogP contribution in [0, 0.1) is 0 Å². The van der Waals surface area contributed by atoms with Crippen LogP contribution in [0.5, 0.6) is 5.75 Å². The summed E-state index contributed by atoms with van der Waals surface area (Å²) in [6.07, 6.45) is 3.09. The molecule has 0 unspecified atom stereocenters. The molecule has 0 radical (unpaired) electrons. The van der Waals surface area contributed by atoms with E-state index in [4.69, 9.17) is 0 Å². The Morgan fingerprint density at radius 1 is 1.36 bits per heavy atom. The molecule has 0 saturated carbocycles. The van der Waals surface area contributed by atoms with Crippen LogP contribution in [0.2, 0.25) is 0 Å². The summed E-state index contributed by atoms with van der Waals surface area (Å²) in [5.74, 6) is 0.383. The number of benzene rings is 1. The third-order valence-electron chi connectivity index (χ3n) is 2.85. The van der Waals surface area contributed by atoms with Gasteiger partial charge in [0.25, 0.3) is 0 Å². The van der Waals surface area contributed by atoms with E-state index in [0.29, 0.717) is 5.75 Å². The molecule has 0 amide bonds. The second-order valence-electron chi connectivity index (χ2n) is 4.12. The van der Waals surface area contributed by atoms with Crippen LogP contribution in [0.25, 0.3) is 0 Å². The Balaban J connectivity index is 3.12. The number of aromatic hydroxyl groups is 1. The lowest BCUT2D eigenvalue weighted by molar-refractivity contribution is 0.458. The maximum Gasteiger partial charge on any atom is 0.129 e. The van der Waals surface area contributed by atoms with Crippen molar-refractivity contribution in [3.8, 4) is 5.75 Å². The molecule has 1 rings (SSSR count). The average molecular weight is 210 g/mol. The molecule has 0 saturated heterocycles. The molecule has 1 aromatic rings. The first-order chi connectivity index (χ1) is 6.51. The summed E-state index contributed by atoms with van der Waals surface area (Å²) in [4.78, 5) is 0.962. The van der Waals surface area contributed by atoms with Gasteiger partial charge in [-0.3, -0.25) is 0 Å². The Morgan fingerprint density at radius 3 is 2.50 bits per heavy atom. The van der Waals surface area contributed by atoms with Gasteiger partial charge in [-0.05, 0) is 35.8 Å². The first-order valence-electron chi connectivity index (χ1n) is 4.88. The van der Waals surface area contributed by atoms with E-state index in [1.165, 1.54) is 5.56 Å². The Labute approximate surface area is 90.5 Å². The molecular formula is C12H18OS. The second kappa shape index (κ2) is 4.26. The van der Waals surface area contributed by atoms with Crippen molar-refractivity contribution >= 4 is 11.8 Å². The predicted molar refractivity (Wildman–Crippen MR) is 63.2 cm³/mol. The minimum atomic E-state index is 0.193. The van der Waals surface area contributed by atoms with Crippen molar-refractivity contribution < 1.29 is 5.11 Å². The number of rotatable bonds is 3. The number of hydrogen-bond donors (Lipinski definition) is 1. The van der Waals surface area contributed by atoms with E-state index in [2.05, 4.69) is 26.8 Å². The maximum absolute atomic E-state index is 9.55.